The average molecular weight is 256 g/mol. The molecule has 0 atom stereocenters. The Morgan fingerprint density at radius 2 is 1.89 bits per heavy atom. The van der Waals surface area contributed by atoms with Gasteiger partial charge in [0.25, 0.3) is 5.69 Å². The second-order valence-electron chi connectivity index (χ2n) is 5.11. The van der Waals surface area contributed by atoms with E-state index in [1.54, 1.807) is 12.1 Å². The van der Waals surface area contributed by atoms with Crippen molar-refractivity contribution in [2.24, 2.45) is 0 Å². The van der Waals surface area contributed by atoms with Crippen molar-refractivity contribution in [3.05, 3.63) is 63.0 Å². The Balaban J connectivity index is 1.77. The summed E-state index contributed by atoms with van der Waals surface area (Å²) in [7, 11) is 0. The minimum atomic E-state index is -0.364. The van der Waals surface area contributed by atoms with Gasteiger partial charge in [0.15, 0.2) is 0 Å². The van der Waals surface area contributed by atoms with Crippen molar-refractivity contribution >= 4 is 5.69 Å². The van der Waals surface area contributed by atoms with Gasteiger partial charge in [-0.3, -0.25) is 10.1 Å². The van der Waals surface area contributed by atoms with Crippen molar-refractivity contribution in [2.45, 2.75) is 32.1 Å². The first-order valence-corrected chi connectivity index (χ1v) is 6.65. The smallest absolute Gasteiger partial charge is 0.269 e. The Bertz CT molecular complexity index is 576. The van der Waals surface area contributed by atoms with Gasteiger partial charge < -0.3 is 4.98 Å². The van der Waals surface area contributed by atoms with Gasteiger partial charge in [-0.2, -0.15) is 0 Å². The second-order valence-corrected chi connectivity index (χ2v) is 5.11. The standard InChI is InChI=1S/C15H16N2O2/c18-17(19)14-7-5-11(6-8-14)9-13-10-12-3-1-2-4-15(12)16-13/h5-8,10,16H,1-4,9H2. The van der Waals surface area contributed by atoms with E-state index in [1.807, 2.05) is 12.1 Å². The molecule has 1 N–H and O–H groups in total. The van der Waals surface area contributed by atoms with E-state index in [2.05, 4.69) is 11.1 Å². The Morgan fingerprint density at radius 3 is 2.58 bits per heavy atom. The predicted molar refractivity (Wildman–Crippen MR) is 73.3 cm³/mol. The van der Waals surface area contributed by atoms with Crippen LogP contribution in [0.1, 0.15) is 35.4 Å². The summed E-state index contributed by atoms with van der Waals surface area (Å²) < 4.78 is 0. The fourth-order valence-corrected chi connectivity index (χ4v) is 2.72. The molecule has 98 valence electrons. The number of H-pyrrole nitrogens is 1. The minimum Gasteiger partial charge on any atom is -0.362 e. The number of non-ortho nitro benzene ring substituents is 1. The zero-order chi connectivity index (χ0) is 13.2. The van der Waals surface area contributed by atoms with Crippen LogP contribution in [0.25, 0.3) is 0 Å². The Hall–Kier alpha value is -2.10. The third-order valence-corrected chi connectivity index (χ3v) is 3.71. The van der Waals surface area contributed by atoms with Gasteiger partial charge in [0, 0.05) is 29.9 Å². The van der Waals surface area contributed by atoms with Crippen LogP contribution in [0.5, 0.6) is 0 Å². The van der Waals surface area contributed by atoms with Crippen LogP contribution in [0.3, 0.4) is 0 Å². The van der Waals surface area contributed by atoms with Crippen LogP contribution in [0.2, 0.25) is 0 Å². The molecule has 1 heterocycles. The van der Waals surface area contributed by atoms with Crippen molar-refractivity contribution in [2.75, 3.05) is 0 Å². The van der Waals surface area contributed by atoms with Gasteiger partial charge in [0.2, 0.25) is 0 Å². The summed E-state index contributed by atoms with van der Waals surface area (Å²) >= 11 is 0. The van der Waals surface area contributed by atoms with Crippen molar-refractivity contribution < 1.29 is 4.92 Å². The SMILES string of the molecule is O=[N+]([O-])c1ccc(Cc2cc3c([nH]2)CCCC3)cc1. The highest BCUT2D eigenvalue weighted by molar-refractivity contribution is 5.36. The van der Waals surface area contributed by atoms with Crippen LogP contribution in [0.4, 0.5) is 5.69 Å². The fraction of sp³-hybridized carbons (Fsp3) is 0.333. The lowest BCUT2D eigenvalue weighted by Gasteiger charge is -2.09. The van der Waals surface area contributed by atoms with Crippen molar-refractivity contribution in [3.63, 3.8) is 0 Å². The number of nitro groups is 1. The molecule has 19 heavy (non-hydrogen) atoms. The number of nitro benzene ring substituents is 1. The highest BCUT2D eigenvalue weighted by atomic mass is 16.6. The first-order valence-electron chi connectivity index (χ1n) is 6.65. The summed E-state index contributed by atoms with van der Waals surface area (Å²) in [6, 6.07) is 9.04. The van der Waals surface area contributed by atoms with Gasteiger partial charge in [0.1, 0.15) is 0 Å². The summed E-state index contributed by atoms with van der Waals surface area (Å²) in [5.74, 6) is 0. The van der Waals surface area contributed by atoms with Crippen LogP contribution in [-0.2, 0) is 19.3 Å². The molecule has 0 amide bonds. The van der Waals surface area contributed by atoms with Crippen LogP contribution >= 0.6 is 0 Å². The molecule has 0 unspecified atom stereocenters. The maximum absolute atomic E-state index is 10.6. The number of fused-ring (bicyclic) bond motifs is 1. The van der Waals surface area contributed by atoms with Crippen molar-refractivity contribution in [1.29, 1.82) is 0 Å². The number of rotatable bonds is 3. The molecule has 1 aliphatic carbocycles. The molecular formula is C15H16N2O2. The normalized spacial score (nSPS) is 14.1. The molecule has 3 rings (SSSR count). The molecule has 0 radical (unpaired) electrons. The van der Waals surface area contributed by atoms with Crippen molar-refractivity contribution in [3.8, 4) is 0 Å². The van der Waals surface area contributed by atoms with E-state index in [4.69, 9.17) is 0 Å². The summed E-state index contributed by atoms with van der Waals surface area (Å²) in [5.41, 5.74) is 5.28. The Morgan fingerprint density at radius 1 is 1.16 bits per heavy atom. The number of aromatic nitrogens is 1. The lowest BCUT2D eigenvalue weighted by Crippen LogP contribution is -1.99. The number of aromatic amines is 1. The summed E-state index contributed by atoms with van der Waals surface area (Å²) in [5, 5.41) is 10.6. The highest BCUT2D eigenvalue weighted by Gasteiger charge is 2.13. The van der Waals surface area contributed by atoms with Gasteiger partial charge in [-0.1, -0.05) is 12.1 Å². The van der Waals surface area contributed by atoms with E-state index in [0.717, 1.165) is 18.4 Å². The molecule has 4 heteroatoms. The third kappa shape index (κ3) is 2.52. The van der Waals surface area contributed by atoms with Crippen LogP contribution in [0.15, 0.2) is 30.3 Å². The van der Waals surface area contributed by atoms with Crippen LogP contribution < -0.4 is 0 Å². The molecule has 1 aromatic carbocycles. The summed E-state index contributed by atoms with van der Waals surface area (Å²) in [6.07, 6.45) is 5.68. The monoisotopic (exact) mass is 256 g/mol. The molecule has 0 bridgehead atoms. The summed E-state index contributed by atoms with van der Waals surface area (Å²) in [6.45, 7) is 0. The minimum absolute atomic E-state index is 0.148. The first kappa shape index (κ1) is 12.0. The fourth-order valence-electron chi connectivity index (χ4n) is 2.72. The average Bonchev–Trinajstić information content (AvgIpc) is 2.81. The van der Waals surface area contributed by atoms with E-state index >= 15 is 0 Å². The van der Waals surface area contributed by atoms with Crippen LogP contribution in [0, 0.1) is 10.1 Å². The van der Waals surface area contributed by atoms with E-state index in [-0.39, 0.29) is 10.6 Å². The van der Waals surface area contributed by atoms with E-state index in [0.29, 0.717) is 0 Å². The first-order chi connectivity index (χ1) is 9.22. The number of hydrogen-bond acceptors (Lipinski definition) is 2. The number of nitrogens with zero attached hydrogens (tertiary/aromatic N) is 1. The van der Waals surface area contributed by atoms with Gasteiger partial charge >= 0.3 is 0 Å². The Kier molecular flexibility index (Phi) is 3.07. The molecule has 1 aliphatic rings. The molecule has 0 fully saturated rings. The van der Waals surface area contributed by atoms with E-state index in [9.17, 15) is 10.1 Å². The number of benzene rings is 1. The molecule has 2 aromatic rings. The van der Waals surface area contributed by atoms with Gasteiger partial charge in [0.05, 0.1) is 4.92 Å². The molecule has 4 nitrogen and oxygen atoms in total. The van der Waals surface area contributed by atoms with Crippen molar-refractivity contribution in [1.82, 2.24) is 4.98 Å². The highest BCUT2D eigenvalue weighted by Crippen LogP contribution is 2.23. The van der Waals surface area contributed by atoms with Gasteiger partial charge in [-0.05, 0) is 42.9 Å². The molecule has 0 aliphatic heterocycles. The summed E-state index contributed by atoms with van der Waals surface area (Å²) in [4.78, 5) is 13.7. The predicted octanol–water partition coefficient (Wildman–Crippen LogP) is 3.39. The maximum atomic E-state index is 10.6. The third-order valence-electron chi connectivity index (χ3n) is 3.71. The van der Waals surface area contributed by atoms with E-state index in [1.165, 1.54) is 36.2 Å². The van der Waals surface area contributed by atoms with Gasteiger partial charge in [-0.15, -0.1) is 0 Å². The molecular weight excluding hydrogens is 240 g/mol. The molecule has 1 aromatic heterocycles. The maximum Gasteiger partial charge on any atom is 0.269 e. The molecule has 0 saturated heterocycles. The number of hydrogen-bond donors (Lipinski definition) is 1. The second kappa shape index (κ2) is 4.88. The zero-order valence-electron chi connectivity index (χ0n) is 10.7. The number of aryl methyl sites for hydroxylation is 2. The zero-order valence-corrected chi connectivity index (χ0v) is 10.7. The van der Waals surface area contributed by atoms with E-state index < -0.39 is 0 Å². The largest absolute Gasteiger partial charge is 0.362 e. The quantitative estimate of drug-likeness (QED) is 0.676. The topological polar surface area (TPSA) is 58.9 Å². The van der Waals surface area contributed by atoms with Gasteiger partial charge in [-0.25, -0.2) is 0 Å². The molecule has 0 saturated carbocycles. The van der Waals surface area contributed by atoms with Crippen LogP contribution in [-0.4, -0.2) is 9.91 Å². The lowest BCUT2D eigenvalue weighted by atomic mass is 9.98. The number of nitrogens with one attached hydrogen (secondary N) is 1. The lowest BCUT2D eigenvalue weighted by molar-refractivity contribution is -0.384. The Labute approximate surface area is 111 Å². The molecule has 0 spiro atoms.